The Balaban J connectivity index is 1.76. The highest BCUT2D eigenvalue weighted by molar-refractivity contribution is 5.20. The number of hydrogen-bond acceptors (Lipinski definition) is 4. The van der Waals surface area contributed by atoms with Crippen LogP contribution < -0.4 is 0 Å². The summed E-state index contributed by atoms with van der Waals surface area (Å²) in [6, 6.07) is 11.5. The van der Waals surface area contributed by atoms with Crippen LogP contribution >= 0.6 is 0 Å². The second-order valence-corrected chi connectivity index (χ2v) is 6.87. The summed E-state index contributed by atoms with van der Waals surface area (Å²) < 4.78 is 0. The van der Waals surface area contributed by atoms with Gasteiger partial charge in [0, 0.05) is 32.2 Å². The van der Waals surface area contributed by atoms with Crippen molar-refractivity contribution in [2.24, 2.45) is 11.1 Å². The minimum Gasteiger partial charge on any atom is -0.304 e. The first-order valence-corrected chi connectivity index (χ1v) is 8.58. The van der Waals surface area contributed by atoms with Crippen molar-refractivity contribution in [1.82, 2.24) is 9.80 Å². The van der Waals surface area contributed by atoms with E-state index in [0.29, 0.717) is 12.0 Å². The molecule has 22 heavy (non-hydrogen) atoms. The lowest BCUT2D eigenvalue weighted by Crippen LogP contribution is -2.48. The van der Waals surface area contributed by atoms with Crippen LogP contribution in [0.1, 0.15) is 37.3 Å². The smallest absolute Gasteiger partial charge is 0.0920 e. The second kappa shape index (κ2) is 7.34. The maximum Gasteiger partial charge on any atom is 0.0920 e. The van der Waals surface area contributed by atoms with Crippen LogP contribution in [-0.2, 0) is 0 Å². The fourth-order valence-corrected chi connectivity index (χ4v) is 4.05. The van der Waals surface area contributed by atoms with Crippen LogP contribution in [-0.4, -0.2) is 49.1 Å². The molecule has 1 aliphatic carbocycles. The van der Waals surface area contributed by atoms with Crippen LogP contribution in [0.25, 0.3) is 0 Å². The standard InChI is InChI=1S/C18H27N3O/c1-20-11-13-21(14-12-20)18(15-5-3-2-4-6-15)16-7-9-17(19-22)10-8-16/h2-6,16-18H,7-14H2,1H3. The molecule has 1 unspecified atom stereocenters. The highest BCUT2D eigenvalue weighted by Crippen LogP contribution is 2.39. The van der Waals surface area contributed by atoms with E-state index >= 15 is 0 Å². The Morgan fingerprint density at radius 2 is 1.64 bits per heavy atom. The van der Waals surface area contributed by atoms with Crippen molar-refractivity contribution in [3.05, 3.63) is 40.8 Å². The van der Waals surface area contributed by atoms with Gasteiger partial charge in [0.15, 0.2) is 0 Å². The summed E-state index contributed by atoms with van der Waals surface area (Å²) in [6.45, 7) is 4.58. The molecular formula is C18H27N3O. The molecule has 2 fully saturated rings. The van der Waals surface area contributed by atoms with Gasteiger partial charge in [-0.2, -0.15) is 4.91 Å². The van der Waals surface area contributed by atoms with Crippen molar-refractivity contribution in [3.8, 4) is 0 Å². The summed E-state index contributed by atoms with van der Waals surface area (Å²) in [7, 11) is 2.20. The predicted molar refractivity (Wildman–Crippen MR) is 89.8 cm³/mol. The van der Waals surface area contributed by atoms with E-state index in [0.717, 1.165) is 51.9 Å². The average molecular weight is 301 g/mol. The lowest BCUT2D eigenvalue weighted by Gasteiger charge is -2.43. The minimum absolute atomic E-state index is 0.0557. The van der Waals surface area contributed by atoms with E-state index in [9.17, 15) is 4.91 Å². The first-order chi connectivity index (χ1) is 10.8. The van der Waals surface area contributed by atoms with Crippen molar-refractivity contribution in [3.63, 3.8) is 0 Å². The second-order valence-electron chi connectivity index (χ2n) is 6.87. The lowest BCUT2D eigenvalue weighted by atomic mass is 9.78. The van der Waals surface area contributed by atoms with E-state index in [1.165, 1.54) is 5.56 Å². The van der Waals surface area contributed by atoms with Gasteiger partial charge in [0.25, 0.3) is 0 Å². The monoisotopic (exact) mass is 301 g/mol. The molecule has 1 aliphatic heterocycles. The van der Waals surface area contributed by atoms with Crippen LogP contribution in [0.15, 0.2) is 35.5 Å². The zero-order valence-electron chi connectivity index (χ0n) is 13.5. The molecule has 1 aromatic carbocycles. The van der Waals surface area contributed by atoms with Crippen LogP contribution in [0.5, 0.6) is 0 Å². The first-order valence-electron chi connectivity index (χ1n) is 8.58. The minimum atomic E-state index is 0.0557. The molecule has 4 heteroatoms. The molecule has 0 N–H and O–H groups in total. The zero-order valence-corrected chi connectivity index (χ0v) is 13.5. The molecule has 1 saturated carbocycles. The molecule has 1 heterocycles. The van der Waals surface area contributed by atoms with Crippen LogP contribution in [0.2, 0.25) is 0 Å². The van der Waals surface area contributed by atoms with Gasteiger partial charge in [0.1, 0.15) is 0 Å². The Morgan fingerprint density at radius 1 is 1.00 bits per heavy atom. The Bertz CT molecular complexity index is 462. The summed E-state index contributed by atoms with van der Waals surface area (Å²) in [6.07, 6.45) is 4.18. The molecule has 2 aliphatic rings. The van der Waals surface area contributed by atoms with Gasteiger partial charge >= 0.3 is 0 Å². The number of benzene rings is 1. The Kier molecular flexibility index (Phi) is 5.21. The maximum absolute atomic E-state index is 10.8. The van der Waals surface area contributed by atoms with Crippen LogP contribution in [0, 0.1) is 10.8 Å². The first kappa shape index (κ1) is 15.6. The molecule has 120 valence electrons. The Morgan fingerprint density at radius 3 is 2.23 bits per heavy atom. The Labute approximate surface area is 133 Å². The fourth-order valence-electron chi connectivity index (χ4n) is 4.05. The molecule has 0 amide bonds. The number of hydrogen-bond donors (Lipinski definition) is 0. The van der Waals surface area contributed by atoms with Gasteiger partial charge < -0.3 is 4.90 Å². The third kappa shape index (κ3) is 3.55. The summed E-state index contributed by atoms with van der Waals surface area (Å²) in [5, 5.41) is 3.27. The van der Waals surface area contributed by atoms with Crippen molar-refractivity contribution in [2.45, 2.75) is 37.8 Å². The molecular weight excluding hydrogens is 274 g/mol. The molecule has 0 spiro atoms. The molecule has 4 nitrogen and oxygen atoms in total. The van der Waals surface area contributed by atoms with Gasteiger partial charge in [-0.3, -0.25) is 4.90 Å². The van der Waals surface area contributed by atoms with Gasteiger partial charge in [0.2, 0.25) is 0 Å². The van der Waals surface area contributed by atoms with Crippen molar-refractivity contribution < 1.29 is 0 Å². The third-order valence-corrected chi connectivity index (χ3v) is 5.41. The van der Waals surface area contributed by atoms with Crippen molar-refractivity contribution in [2.75, 3.05) is 33.2 Å². The summed E-state index contributed by atoms with van der Waals surface area (Å²) >= 11 is 0. The molecule has 0 aromatic heterocycles. The number of rotatable bonds is 4. The third-order valence-electron chi connectivity index (χ3n) is 5.41. The predicted octanol–water partition coefficient (Wildman–Crippen LogP) is 3.30. The maximum atomic E-state index is 10.8. The van der Waals surface area contributed by atoms with E-state index in [1.807, 2.05) is 0 Å². The fraction of sp³-hybridized carbons (Fsp3) is 0.667. The van der Waals surface area contributed by atoms with Crippen molar-refractivity contribution >= 4 is 0 Å². The highest BCUT2D eigenvalue weighted by Gasteiger charge is 2.33. The number of likely N-dealkylation sites (N-methyl/N-ethyl adjacent to an activating group) is 1. The highest BCUT2D eigenvalue weighted by atomic mass is 16.3. The zero-order chi connectivity index (χ0) is 15.4. The topological polar surface area (TPSA) is 35.9 Å². The van der Waals surface area contributed by atoms with Crippen LogP contribution in [0.3, 0.4) is 0 Å². The number of piperazine rings is 1. The van der Waals surface area contributed by atoms with E-state index in [1.54, 1.807) is 0 Å². The molecule has 1 aromatic rings. The van der Waals surface area contributed by atoms with Crippen molar-refractivity contribution in [1.29, 1.82) is 0 Å². The normalized spacial score (nSPS) is 29.1. The van der Waals surface area contributed by atoms with E-state index in [-0.39, 0.29) is 6.04 Å². The number of nitroso groups, excluding NO2 is 1. The van der Waals surface area contributed by atoms with Gasteiger partial charge in [-0.25, -0.2) is 0 Å². The average Bonchev–Trinajstić information content (AvgIpc) is 2.58. The lowest BCUT2D eigenvalue weighted by molar-refractivity contribution is 0.0651. The molecule has 3 rings (SSSR count). The van der Waals surface area contributed by atoms with Gasteiger partial charge in [-0.05, 0) is 44.2 Å². The van der Waals surface area contributed by atoms with Gasteiger partial charge in [-0.15, -0.1) is 0 Å². The number of nitrogens with zero attached hydrogens (tertiary/aromatic N) is 3. The van der Waals surface area contributed by atoms with Gasteiger partial charge in [0.05, 0.1) is 6.04 Å². The molecule has 1 atom stereocenters. The van der Waals surface area contributed by atoms with E-state index < -0.39 is 0 Å². The largest absolute Gasteiger partial charge is 0.304 e. The SMILES string of the molecule is CN1CCN(C(c2ccccc2)C2CCC(N=O)CC2)CC1. The molecule has 0 bridgehead atoms. The summed E-state index contributed by atoms with van der Waals surface area (Å²) in [5.74, 6) is 0.656. The summed E-state index contributed by atoms with van der Waals surface area (Å²) in [4.78, 5) is 15.8. The van der Waals surface area contributed by atoms with Crippen LogP contribution in [0.4, 0.5) is 0 Å². The Hall–Kier alpha value is -1.26. The summed E-state index contributed by atoms with van der Waals surface area (Å²) in [5.41, 5.74) is 1.44. The van der Waals surface area contributed by atoms with Gasteiger partial charge in [-0.1, -0.05) is 35.5 Å². The molecule has 0 radical (unpaired) electrons. The van der Waals surface area contributed by atoms with E-state index in [4.69, 9.17) is 0 Å². The van der Waals surface area contributed by atoms with E-state index in [2.05, 4.69) is 52.4 Å². The molecule has 1 saturated heterocycles. The quantitative estimate of drug-likeness (QED) is 0.801.